The monoisotopic (exact) mass is 286 g/mol. The van der Waals surface area contributed by atoms with Gasteiger partial charge in [-0.2, -0.15) is 0 Å². The molecule has 118 valence electrons. The van der Waals surface area contributed by atoms with Crippen LogP contribution in [0.4, 0.5) is 0 Å². The lowest BCUT2D eigenvalue weighted by atomic mass is 9.88. The molecule has 1 fully saturated rings. The average molecular weight is 286 g/mol. The third-order valence-corrected chi connectivity index (χ3v) is 3.94. The minimum atomic E-state index is -0.569. The molecule has 20 heavy (non-hydrogen) atoms. The fourth-order valence-corrected chi connectivity index (χ4v) is 2.56. The van der Waals surface area contributed by atoms with Gasteiger partial charge in [-0.25, -0.2) is 0 Å². The van der Waals surface area contributed by atoms with Gasteiger partial charge in [-0.05, 0) is 32.6 Å². The molecule has 4 atom stereocenters. The van der Waals surface area contributed by atoms with E-state index in [-0.39, 0.29) is 18.1 Å². The van der Waals surface area contributed by atoms with Gasteiger partial charge in [0.25, 0.3) is 0 Å². The number of nitrogens with one attached hydrogen (secondary N) is 2. The van der Waals surface area contributed by atoms with Crippen LogP contribution < -0.4 is 10.6 Å². The van der Waals surface area contributed by atoms with Crippen LogP contribution in [0.25, 0.3) is 0 Å². The number of aliphatic hydroxyl groups excluding tert-OH is 1. The van der Waals surface area contributed by atoms with E-state index in [9.17, 15) is 9.90 Å². The molecule has 0 aromatic rings. The Labute approximate surface area is 122 Å². The molecular weight excluding hydrogens is 256 g/mol. The average Bonchev–Trinajstić information content (AvgIpc) is 2.44. The standard InChI is InChI=1S/C15H30N2O3/c1-4-16-15(19)12(3)17-9-13(18)10-20-14-8-6-5-7-11(14)2/h11-14,17-18H,4-10H2,1-3H3,(H,16,19). The Kier molecular flexibility index (Phi) is 8.11. The van der Waals surface area contributed by atoms with E-state index in [1.54, 1.807) is 6.92 Å². The highest BCUT2D eigenvalue weighted by molar-refractivity contribution is 5.81. The summed E-state index contributed by atoms with van der Waals surface area (Å²) in [5.41, 5.74) is 0. The molecule has 1 amide bonds. The van der Waals surface area contributed by atoms with Crippen molar-refractivity contribution in [2.24, 2.45) is 5.92 Å². The van der Waals surface area contributed by atoms with Gasteiger partial charge in [-0.15, -0.1) is 0 Å². The zero-order chi connectivity index (χ0) is 15.0. The first kappa shape index (κ1) is 17.4. The van der Waals surface area contributed by atoms with Gasteiger partial charge in [-0.1, -0.05) is 19.8 Å². The van der Waals surface area contributed by atoms with Crippen molar-refractivity contribution in [2.45, 2.75) is 64.7 Å². The Morgan fingerprint density at radius 2 is 2.10 bits per heavy atom. The van der Waals surface area contributed by atoms with Crippen molar-refractivity contribution in [2.75, 3.05) is 19.7 Å². The quantitative estimate of drug-likeness (QED) is 0.624. The van der Waals surface area contributed by atoms with Crippen LogP contribution >= 0.6 is 0 Å². The van der Waals surface area contributed by atoms with Crippen molar-refractivity contribution in [3.05, 3.63) is 0 Å². The molecule has 1 rings (SSSR count). The molecule has 0 bridgehead atoms. The molecule has 0 aliphatic heterocycles. The van der Waals surface area contributed by atoms with Crippen LogP contribution in [-0.4, -0.2) is 49.0 Å². The van der Waals surface area contributed by atoms with Gasteiger partial charge in [0.2, 0.25) is 5.91 Å². The molecule has 5 heteroatoms. The molecular formula is C15H30N2O3. The van der Waals surface area contributed by atoms with Crippen molar-refractivity contribution in [3.63, 3.8) is 0 Å². The number of carbonyl (C=O) groups is 1. The molecule has 0 aromatic carbocycles. The maximum Gasteiger partial charge on any atom is 0.236 e. The number of carbonyl (C=O) groups excluding carboxylic acids is 1. The minimum Gasteiger partial charge on any atom is -0.389 e. The highest BCUT2D eigenvalue weighted by Crippen LogP contribution is 2.26. The molecule has 1 aliphatic carbocycles. The van der Waals surface area contributed by atoms with Crippen LogP contribution in [0.1, 0.15) is 46.5 Å². The fourth-order valence-electron chi connectivity index (χ4n) is 2.56. The fraction of sp³-hybridized carbons (Fsp3) is 0.933. The SMILES string of the molecule is CCNC(=O)C(C)NCC(O)COC1CCCCC1C. The normalized spacial score (nSPS) is 26.0. The molecule has 0 spiro atoms. The minimum absolute atomic E-state index is 0.0403. The van der Waals surface area contributed by atoms with Gasteiger partial charge in [0.1, 0.15) is 0 Å². The Hall–Kier alpha value is -0.650. The number of hydrogen-bond donors (Lipinski definition) is 3. The van der Waals surface area contributed by atoms with Crippen LogP contribution in [0.5, 0.6) is 0 Å². The molecule has 0 saturated heterocycles. The van der Waals surface area contributed by atoms with Crippen LogP contribution in [0.3, 0.4) is 0 Å². The van der Waals surface area contributed by atoms with Crippen molar-refractivity contribution < 1.29 is 14.6 Å². The molecule has 4 unspecified atom stereocenters. The first-order chi connectivity index (χ1) is 9.54. The van der Waals surface area contributed by atoms with E-state index in [0.29, 0.717) is 25.6 Å². The van der Waals surface area contributed by atoms with E-state index in [0.717, 1.165) is 6.42 Å². The lowest BCUT2D eigenvalue weighted by molar-refractivity contribution is -0.122. The van der Waals surface area contributed by atoms with Crippen molar-refractivity contribution in [1.82, 2.24) is 10.6 Å². The number of ether oxygens (including phenoxy) is 1. The van der Waals surface area contributed by atoms with Gasteiger partial charge in [0.05, 0.1) is 24.9 Å². The highest BCUT2D eigenvalue weighted by atomic mass is 16.5. The maximum absolute atomic E-state index is 11.5. The lowest BCUT2D eigenvalue weighted by Crippen LogP contribution is -2.45. The first-order valence-electron chi connectivity index (χ1n) is 7.85. The van der Waals surface area contributed by atoms with E-state index >= 15 is 0 Å². The second-order valence-electron chi connectivity index (χ2n) is 5.81. The zero-order valence-corrected chi connectivity index (χ0v) is 13.0. The molecule has 0 heterocycles. The van der Waals surface area contributed by atoms with Gasteiger partial charge >= 0.3 is 0 Å². The predicted molar refractivity (Wildman–Crippen MR) is 79.5 cm³/mol. The molecule has 0 aromatic heterocycles. The summed E-state index contributed by atoms with van der Waals surface area (Å²) in [5.74, 6) is 0.541. The van der Waals surface area contributed by atoms with E-state index in [1.165, 1.54) is 19.3 Å². The Balaban J connectivity index is 2.16. The lowest BCUT2D eigenvalue weighted by Gasteiger charge is -2.29. The molecule has 5 nitrogen and oxygen atoms in total. The summed E-state index contributed by atoms with van der Waals surface area (Å²) in [4.78, 5) is 11.5. The third kappa shape index (κ3) is 6.20. The molecule has 1 saturated carbocycles. The zero-order valence-electron chi connectivity index (χ0n) is 13.0. The van der Waals surface area contributed by atoms with Crippen LogP contribution in [-0.2, 0) is 9.53 Å². The summed E-state index contributed by atoms with van der Waals surface area (Å²) in [6.45, 7) is 7.23. The summed E-state index contributed by atoms with van der Waals surface area (Å²) in [5, 5.41) is 15.7. The Morgan fingerprint density at radius 1 is 1.40 bits per heavy atom. The Morgan fingerprint density at radius 3 is 2.75 bits per heavy atom. The van der Waals surface area contributed by atoms with Gasteiger partial charge in [-0.3, -0.25) is 4.79 Å². The van der Waals surface area contributed by atoms with Gasteiger partial charge in [0, 0.05) is 13.1 Å². The van der Waals surface area contributed by atoms with Gasteiger partial charge < -0.3 is 20.5 Å². The van der Waals surface area contributed by atoms with Gasteiger partial charge in [0.15, 0.2) is 0 Å². The summed E-state index contributed by atoms with van der Waals surface area (Å²) >= 11 is 0. The first-order valence-corrected chi connectivity index (χ1v) is 7.85. The number of likely N-dealkylation sites (N-methyl/N-ethyl adjacent to an activating group) is 1. The number of rotatable bonds is 8. The number of aliphatic hydroxyl groups is 1. The maximum atomic E-state index is 11.5. The van der Waals surface area contributed by atoms with Crippen LogP contribution in [0.15, 0.2) is 0 Å². The van der Waals surface area contributed by atoms with E-state index in [1.807, 2.05) is 6.92 Å². The van der Waals surface area contributed by atoms with Crippen LogP contribution in [0, 0.1) is 5.92 Å². The van der Waals surface area contributed by atoms with E-state index in [4.69, 9.17) is 4.74 Å². The second-order valence-corrected chi connectivity index (χ2v) is 5.81. The largest absolute Gasteiger partial charge is 0.389 e. The molecule has 1 aliphatic rings. The summed E-state index contributed by atoms with van der Waals surface area (Å²) in [6, 6.07) is -0.293. The number of amides is 1. The van der Waals surface area contributed by atoms with Crippen molar-refractivity contribution in [1.29, 1.82) is 0 Å². The van der Waals surface area contributed by atoms with Crippen molar-refractivity contribution in [3.8, 4) is 0 Å². The highest BCUT2D eigenvalue weighted by Gasteiger charge is 2.22. The Bertz CT molecular complexity index is 286. The second kappa shape index (κ2) is 9.32. The summed E-state index contributed by atoms with van der Waals surface area (Å²) in [6.07, 6.45) is 4.52. The smallest absolute Gasteiger partial charge is 0.236 e. The predicted octanol–water partition coefficient (Wildman–Crippen LogP) is 1.06. The summed E-state index contributed by atoms with van der Waals surface area (Å²) in [7, 11) is 0. The molecule has 0 radical (unpaired) electrons. The topological polar surface area (TPSA) is 70.6 Å². The molecule has 3 N–H and O–H groups in total. The van der Waals surface area contributed by atoms with E-state index < -0.39 is 6.10 Å². The summed E-state index contributed by atoms with van der Waals surface area (Å²) < 4.78 is 5.81. The van der Waals surface area contributed by atoms with E-state index in [2.05, 4.69) is 17.6 Å². The van der Waals surface area contributed by atoms with Crippen LogP contribution in [0.2, 0.25) is 0 Å². The third-order valence-electron chi connectivity index (χ3n) is 3.94. The van der Waals surface area contributed by atoms with Crippen molar-refractivity contribution >= 4 is 5.91 Å². The number of hydrogen-bond acceptors (Lipinski definition) is 4.